The summed E-state index contributed by atoms with van der Waals surface area (Å²) in [6.45, 7) is 2.22. The van der Waals surface area contributed by atoms with Gasteiger partial charge >= 0.3 is 0 Å². The van der Waals surface area contributed by atoms with Crippen LogP contribution in [0.1, 0.15) is 5.56 Å². The van der Waals surface area contributed by atoms with E-state index in [4.69, 9.17) is 33.3 Å². The molecular formula is C20H14ClN3O2S. The maximum atomic E-state index is 6.30. The zero-order chi connectivity index (χ0) is 18.5. The number of aromatic nitrogens is 3. The van der Waals surface area contributed by atoms with E-state index in [9.17, 15) is 0 Å². The first-order valence-electron chi connectivity index (χ1n) is 8.37. The van der Waals surface area contributed by atoms with Crippen LogP contribution < -0.4 is 9.47 Å². The summed E-state index contributed by atoms with van der Waals surface area (Å²) in [4.78, 5) is 7.84. The van der Waals surface area contributed by atoms with Crippen LogP contribution in [0, 0.1) is 11.7 Å². The van der Waals surface area contributed by atoms with Crippen molar-refractivity contribution >= 4 is 29.5 Å². The SMILES string of the molecule is Cc1ccc(-c2cn3c(=S)ncc(-c4ccc5c(c4)OCO5)c3[nH]2)cc1Cl. The number of H-pyrrole nitrogens is 1. The zero-order valence-electron chi connectivity index (χ0n) is 14.3. The van der Waals surface area contributed by atoms with Crippen molar-refractivity contribution in [2.45, 2.75) is 6.92 Å². The largest absolute Gasteiger partial charge is 0.454 e. The molecule has 1 aliphatic heterocycles. The molecule has 0 amide bonds. The molecule has 1 N–H and O–H groups in total. The summed E-state index contributed by atoms with van der Waals surface area (Å²) in [5.41, 5.74) is 5.69. The van der Waals surface area contributed by atoms with Gasteiger partial charge in [0.25, 0.3) is 0 Å². The molecule has 5 rings (SSSR count). The van der Waals surface area contributed by atoms with E-state index in [2.05, 4.69) is 9.97 Å². The molecule has 0 atom stereocenters. The first-order valence-corrected chi connectivity index (χ1v) is 9.16. The van der Waals surface area contributed by atoms with Crippen molar-refractivity contribution < 1.29 is 9.47 Å². The first-order chi connectivity index (χ1) is 13.1. The van der Waals surface area contributed by atoms with Crippen LogP contribution in [-0.4, -0.2) is 21.2 Å². The molecule has 2 aromatic heterocycles. The summed E-state index contributed by atoms with van der Waals surface area (Å²) in [6, 6.07) is 11.8. The number of imidazole rings is 1. The van der Waals surface area contributed by atoms with Crippen molar-refractivity contribution in [1.82, 2.24) is 14.4 Å². The van der Waals surface area contributed by atoms with Crippen molar-refractivity contribution in [3.63, 3.8) is 0 Å². The standard InChI is InChI=1S/C20H14ClN3O2S/c1-11-2-3-13(6-15(11)21)16-9-24-19(23-16)14(8-22-20(24)27)12-4-5-17-18(7-12)26-10-25-17/h2-9,23H,10H2,1H3. The van der Waals surface area contributed by atoms with Crippen molar-refractivity contribution in [3.05, 3.63) is 64.1 Å². The monoisotopic (exact) mass is 395 g/mol. The highest BCUT2D eigenvalue weighted by Crippen LogP contribution is 2.37. The number of hydrogen-bond donors (Lipinski definition) is 1. The summed E-state index contributed by atoms with van der Waals surface area (Å²) in [5, 5.41) is 0.726. The fourth-order valence-electron chi connectivity index (χ4n) is 3.19. The number of aryl methyl sites for hydroxylation is 1. The Balaban J connectivity index is 1.70. The molecule has 0 spiro atoms. The molecule has 0 aliphatic carbocycles. The molecule has 5 nitrogen and oxygen atoms in total. The van der Waals surface area contributed by atoms with E-state index in [-0.39, 0.29) is 6.79 Å². The Morgan fingerprint density at radius 2 is 1.93 bits per heavy atom. The maximum Gasteiger partial charge on any atom is 0.231 e. The molecule has 0 radical (unpaired) electrons. The van der Waals surface area contributed by atoms with Crippen LogP contribution >= 0.6 is 23.8 Å². The van der Waals surface area contributed by atoms with Gasteiger partial charge in [-0.05, 0) is 48.5 Å². The smallest absolute Gasteiger partial charge is 0.231 e. The molecule has 2 aromatic carbocycles. The minimum Gasteiger partial charge on any atom is -0.454 e. The summed E-state index contributed by atoms with van der Waals surface area (Å²) in [5.74, 6) is 1.47. The molecule has 0 bridgehead atoms. The minimum absolute atomic E-state index is 0.243. The van der Waals surface area contributed by atoms with Crippen LogP contribution in [0.2, 0.25) is 5.02 Å². The lowest BCUT2D eigenvalue weighted by Crippen LogP contribution is -1.93. The van der Waals surface area contributed by atoms with Gasteiger partial charge in [0.15, 0.2) is 11.5 Å². The van der Waals surface area contributed by atoms with E-state index < -0.39 is 0 Å². The Morgan fingerprint density at radius 1 is 1.11 bits per heavy atom. The number of nitrogens with zero attached hydrogens (tertiary/aromatic N) is 2. The number of hydrogen-bond acceptors (Lipinski definition) is 4. The molecule has 1 aliphatic rings. The predicted octanol–water partition coefficient (Wildman–Crippen LogP) is 5.42. The highest BCUT2D eigenvalue weighted by molar-refractivity contribution is 7.71. The second-order valence-electron chi connectivity index (χ2n) is 6.37. The molecule has 0 saturated heterocycles. The van der Waals surface area contributed by atoms with Gasteiger partial charge in [0.05, 0.1) is 5.69 Å². The fourth-order valence-corrected chi connectivity index (χ4v) is 3.56. The topological polar surface area (TPSA) is 51.6 Å². The van der Waals surface area contributed by atoms with Gasteiger partial charge in [-0.2, -0.15) is 0 Å². The van der Waals surface area contributed by atoms with E-state index in [1.165, 1.54) is 0 Å². The Bertz CT molecular complexity index is 1260. The number of ether oxygens (including phenoxy) is 2. The lowest BCUT2D eigenvalue weighted by atomic mass is 10.1. The Morgan fingerprint density at radius 3 is 2.78 bits per heavy atom. The number of benzene rings is 2. The van der Waals surface area contributed by atoms with E-state index in [1.54, 1.807) is 6.20 Å². The van der Waals surface area contributed by atoms with Crippen molar-refractivity contribution in [2.75, 3.05) is 6.79 Å². The number of aromatic amines is 1. The van der Waals surface area contributed by atoms with E-state index in [1.807, 2.05) is 53.9 Å². The van der Waals surface area contributed by atoms with Gasteiger partial charge in [-0.15, -0.1) is 0 Å². The minimum atomic E-state index is 0.243. The summed E-state index contributed by atoms with van der Waals surface area (Å²) >= 11 is 11.7. The quantitative estimate of drug-likeness (QED) is 0.460. The maximum absolute atomic E-state index is 6.30. The van der Waals surface area contributed by atoms with E-state index >= 15 is 0 Å². The predicted molar refractivity (Wildman–Crippen MR) is 107 cm³/mol. The molecule has 0 fully saturated rings. The second kappa shape index (κ2) is 6.11. The van der Waals surface area contributed by atoms with Crippen LogP contribution in [0.5, 0.6) is 11.5 Å². The highest BCUT2D eigenvalue weighted by atomic mass is 35.5. The second-order valence-corrected chi connectivity index (χ2v) is 7.15. The van der Waals surface area contributed by atoms with Gasteiger partial charge in [-0.3, -0.25) is 4.40 Å². The molecule has 4 aromatic rings. The van der Waals surface area contributed by atoms with Crippen molar-refractivity contribution in [1.29, 1.82) is 0 Å². The third kappa shape index (κ3) is 2.69. The molecule has 7 heteroatoms. The molecular weight excluding hydrogens is 382 g/mol. The van der Waals surface area contributed by atoms with Gasteiger partial charge < -0.3 is 14.5 Å². The number of rotatable bonds is 2. The van der Waals surface area contributed by atoms with Crippen LogP contribution in [-0.2, 0) is 0 Å². The third-order valence-electron chi connectivity index (χ3n) is 4.68. The average molecular weight is 396 g/mol. The molecule has 0 saturated carbocycles. The zero-order valence-corrected chi connectivity index (χ0v) is 15.9. The van der Waals surface area contributed by atoms with Gasteiger partial charge in [-0.1, -0.05) is 29.8 Å². The number of nitrogens with one attached hydrogen (secondary N) is 1. The number of fused-ring (bicyclic) bond motifs is 2. The van der Waals surface area contributed by atoms with E-state index in [0.717, 1.165) is 50.1 Å². The average Bonchev–Trinajstić information content (AvgIpc) is 3.31. The Labute approximate surface area is 165 Å². The molecule has 3 heterocycles. The number of halogens is 1. The Kier molecular flexibility index (Phi) is 3.70. The van der Waals surface area contributed by atoms with Crippen molar-refractivity contribution in [2.24, 2.45) is 0 Å². The van der Waals surface area contributed by atoms with Crippen LogP contribution in [0.4, 0.5) is 0 Å². The van der Waals surface area contributed by atoms with Gasteiger partial charge in [0.1, 0.15) is 5.65 Å². The van der Waals surface area contributed by atoms with E-state index in [0.29, 0.717) is 4.77 Å². The Hall–Kier alpha value is -2.83. The van der Waals surface area contributed by atoms with Crippen LogP contribution in [0.25, 0.3) is 28.0 Å². The summed E-state index contributed by atoms with van der Waals surface area (Å²) in [7, 11) is 0. The van der Waals surface area contributed by atoms with Crippen LogP contribution in [0.3, 0.4) is 0 Å². The van der Waals surface area contributed by atoms with Crippen LogP contribution in [0.15, 0.2) is 48.8 Å². The molecule has 27 heavy (non-hydrogen) atoms. The molecule has 0 unspecified atom stereocenters. The summed E-state index contributed by atoms with van der Waals surface area (Å²) < 4.78 is 13.3. The lowest BCUT2D eigenvalue weighted by Gasteiger charge is -2.05. The highest BCUT2D eigenvalue weighted by Gasteiger charge is 2.16. The van der Waals surface area contributed by atoms with Gasteiger partial charge in [0, 0.05) is 28.5 Å². The lowest BCUT2D eigenvalue weighted by molar-refractivity contribution is 0.174. The molecule has 134 valence electrons. The normalized spacial score (nSPS) is 12.7. The summed E-state index contributed by atoms with van der Waals surface area (Å²) in [6.07, 6.45) is 3.72. The van der Waals surface area contributed by atoms with Gasteiger partial charge in [-0.25, -0.2) is 4.98 Å². The van der Waals surface area contributed by atoms with Crippen molar-refractivity contribution in [3.8, 4) is 33.9 Å². The third-order valence-corrected chi connectivity index (χ3v) is 5.39. The fraction of sp³-hybridized carbons (Fsp3) is 0.100. The van der Waals surface area contributed by atoms with Gasteiger partial charge in [0.2, 0.25) is 11.6 Å². The first kappa shape index (κ1) is 16.4.